The highest BCUT2D eigenvalue weighted by molar-refractivity contribution is 5.00. The largest absolute Gasteiger partial charge is 0.392 e. The molecule has 1 unspecified atom stereocenters. The summed E-state index contributed by atoms with van der Waals surface area (Å²) in [6.45, 7) is 6.12. The Bertz CT molecular complexity index is 139. The smallest absolute Gasteiger partial charge is 0.0672 e. The van der Waals surface area contributed by atoms with Gasteiger partial charge in [0.15, 0.2) is 0 Å². The van der Waals surface area contributed by atoms with Gasteiger partial charge in [-0.3, -0.25) is 0 Å². The average Bonchev–Trinajstić information content (AvgIpc) is 1.97. The van der Waals surface area contributed by atoms with Crippen LogP contribution >= 0.6 is 0 Å². The van der Waals surface area contributed by atoms with Crippen LogP contribution in [0.1, 0.15) is 40.0 Å². The van der Waals surface area contributed by atoms with Crippen LogP contribution in [-0.2, 0) is 0 Å². The van der Waals surface area contributed by atoms with E-state index < -0.39 is 0 Å². The molecule has 0 radical (unpaired) electrons. The molecule has 0 saturated carbocycles. The SMILES string of the molecule is CCCC#CCC(O)C(C)C. The van der Waals surface area contributed by atoms with Gasteiger partial charge >= 0.3 is 0 Å². The van der Waals surface area contributed by atoms with Gasteiger partial charge in [0.05, 0.1) is 6.10 Å². The minimum Gasteiger partial charge on any atom is -0.392 e. The Labute approximate surface area is 69.8 Å². The lowest BCUT2D eigenvalue weighted by Gasteiger charge is -2.09. The van der Waals surface area contributed by atoms with Gasteiger partial charge in [-0.15, -0.1) is 11.8 Å². The van der Waals surface area contributed by atoms with Crippen molar-refractivity contribution in [1.29, 1.82) is 0 Å². The summed E-state index contributed by atoms with van der Waals surface area (Å²) in [6.07, 6.45) is 2.42. The predicted molar refractivity (Wildman–Crippen MR) is 48.1 cm³/mol. The van der Waals surface area contributed by atoms with Crippen LogP contribution in [0.3, 0.4) is 0 Å². The molecule has 0 fully saturated rings. The van der Waals surface area contributed by atoms with E-state index in [9.17, 15) is 5.11 Å². The second-order valence-corrected chi connectivity index (χ2v) is 3.12. The van der Waals surface area contributed by atoms with E-state index in [2.05, 4.69) is 18.8 Å². The molecule has 1 N–H and O–H groups in total. The van der Waals surface area contributed by atoms with Gasteiger partial charge in [0.2, 0.25) is 0 Å². The number of rotatable bonds is 3. The minimum absolute atomic E-state index is 0.251. The van der Waals surface area contributed by atoms with E-state index in [1.807, 2.05) is 13.8 Å². The summed E-state index contributed by atoms with van der Waals surface area (Å²) in [6, 6.07) is 0. The molecule has 0 rings (SSSR count). The second kappa shape index (κ2) is 6.24. The molecule has 0 saturated heterocycles. The Kier molecular flexibility index (Phi) is 5.97. The van der Waals surface area contributed by atoms with Crippen LogP contribution in [0, 0.1) is 17.8 Å². The van der Waals surface area contributed by atoms with Crippen molar-refractivity contribution in [3.8, 4) is 11.8 Å². The molecule has 0 spiro atoms. The molecule has 1 atom stereocenters. The Morgan fingerprint density at radius 1 is 1.27 bits per heavy atom. The van der Waals surface area contributed by atoms with Gasteiger partial charge in [0.25, 0.3) is 0 Å². The second-order valence-electron chi connectivity index (χ2n) is 3.12. The van der Waals surface area contributed by atoms with Crippen molar-refractivity contribution in [3.05, 3.63) is 0 Å². The standard InChI is InChI=1S/C10H18O/c1-4-5-6-7-8-10(11)9(2)3/h9-11H,4-5,8H2,1-3H3. The third kappa shape index (κ3) is 5.94. The van der Waals surface area contributed by atoms with E-state index in [-0.39, 0.29) is 6.10 Å². The summed E-state index contributed by atoms with van der Waals surface area (Å²) in [7, 11) is 0. The van der Waals surface area contributed by atoms with Crippen LogP contribution in [0.4, 0.5) is 0 Å². The lowest BCUT2D eigenvalue weighted by molar-refractivity contribution is 0.130. The van der Waals surface area contributed by atoms with E-state index in [1.165, 1.54) is 0 Å². The average molecular weight is 154 g/mol. The fourth-order valence-electron chi connectivity index (χ4n) is 0.626. The maximum absolute atomic E-state index is 9.32. The zero-order valence-electron chi connectivity index (χ0n) is 7.72. The highest BCUT2D eigenvalue weighted by Crippen LogP contribution is 2.03. The molecule has 1 nitrogen and oxygen atoms in total. The number of hydrogen-bond donors (Lipinski definition) is 1. The first-order valence-corrected chi connectivity index (χ1v) is 4.32. The Hall–Kier alpha value is -0.480. The zero-order chi connectivity index (χ0) is 8.69. The van der Waals surface area contributed by atoms with Crippen molar-refractivity contribution >= 4 is 0 Å². The van der Waals surface area contributed by atoms with E-state index in [0.29, 0.717) is 12.3 Å². The highest BCUT2D eigenvalue weighted by Gasteiger charge is 2.05. The quantitative estimate of drug-likeness (QED) is 0.618. The zero-order valence-corrected chi connectivity index (χ0v) is 7.72. The van der Waals surface area contributed by atoms with E-state index >= 15 is 0 Å². The van der Waals surface area contributed by atoms with Crippen molar-refractivity contribution in [2.45, 2.75) is 46.1 Å². The Morgan fingerprint density at radius 2 is 1.91 bits per heavy atom. The maximum Gasteiger partial charge on any atom is 0.0672 e. The van der Waals surface area contributed by atoms with Gasteiger partial charge in [-0.2, -0.15) is 0 Å². The van der Waals surface area contributed by atoms with Crippen LogP contribution < -0.4 is 0 Å². The molecular weight excluding hydrogens is 136 g/mol. The van der Waals surface area contributed by atoms with Crippen LogP contribution in [-0.4, -0.2) is 11.2 Å². The number of aliphatic hydroxyl groups is 1. The summed E-state index contributed by atoms with van der Waals surface area (Å²) in [5, 5.41) is 9.32. The van der Waals surface area contributed by atoms with Crippen molar-refractivity contribution in [1.82, 2.24) is 0 Å². The normalized spacial score (nSPS) is 12.5. The maximum atomic E-state index is 9.32. The first kappa shape index (κ1) is 10.5. The molecule has 1 heteroatoms. The highest BCUT2D eigenvalue weighted by atomic mass is 16.3. The molecule has 0 aliphatic carbocycles. The molecule has 0 bridgehead atoms. The third-order valence-corrected chi connectivity index (χ3v) is 1.58. The lowest BCUT2D eigenvalue weighted by Crippen LogP contribution is -2.12. The van der Waals surface area contributed by atoms with E-state index in [0.717, 1.165) is 12.8 Å². The van der Waals surface area contributed by atoms with Crippen LogP contribution in [0.25, 0.3) is 0 Å². The lowest BCUT2D eigenvalue weighted by atomic mass is 10.1. The topological polar surface area (TPSA) is 20.2 Å². The van der Waals surface area contributed by atoms with E-state index in [4.69, 9.17) is 0 Å². The summed E-state index contributed by atoms with van der Waals surface area (Å²) >= 11 is 0. The molecule has 0 aliphatic heterocycles. The summed E-state index contributed by atoms with van der Waals surface area (Å²) in [5.41, 5.74) is 0. The summed E-state index contributed by atoms with van der Waals surface area (Å²) in [5.74, 6) is 6.30. The van der Waals surface area contributed by atoms with Gasteiger partial charge in [-0.25, -0.2) is 0 Å². The molecule has 0 aliphatic rings. The molecule has 0 aromatic rings. The fraction of sp³-hybridized carbons (Fsp3) is 0.800. The summed E-state index contributed by atoms with van der Waals surface area (Å²) in [4.78, 5) is 0. The van der Waals surface area contributed by atoms with Gasteiger partial charge in [-0.05, 0) is 12.3 Å². The number of unbranched alkanes of at least 4 members (excludes halogenated alkanes) is 1. The molecule has 11 heavy (non-hydrogen) atoms. The predicted octanol–water partition coefficient (Wildman–Crippen LogP) is 2.20. The first-order chi connectivity index (χ1) is 5.18. The van der Waals surface area contributed by atoms with Gasteiger partial charge in [0, 0.05) is 12.8 Å². The fourth-order valence-corrected chi connectivity index (χ4v) is 0.626. The minimum atomic E-state index is -0.251. The van der Waals surface area contributed by atoms with Crippen LogP contribution in [0.2, 0.25) is 0 Å². The van der Waals surface area contributed by atoms with Gasteiger partial charge < -0.3 is 5.11 Å². The molecular formula is C10H18O. The number of hydrogen-bond acceptors (Lipinski definition) is 1. The molecule has 0 aromatic heterocycles. The monoisotopic (exact) mass is 154 g/mol. The van der Waals surface area contributed by atoms with Crippen molar-refractivity contribution in [2.24, 2.45) is 5.92 Å². The van der Waals surface area contributed by atoms with Crippen molar-refractivity contribution in [3.63, 3.8) is 0 Å². The van der Waals surface area contributed by atoms with Gasteiger partial charge in [-0.1, -0.05) is 20.8 Å². The van der Waals surface area contributed by atoms with Crippen LogP contribution in [0.15, 0.2) is 0 Å². The van der Waals surface area contributed by atoms with Crippen LogP contribution in [0.5, 0.6) is 0 Å². The molecule has 0 heterocycles. The third-order valence-electron chi connectivity index (χ3n) is 1.58. The number of aliphatic hydroxyl groups excluding tert-OH is 1. The van der Waals surface area contributed by atoms with Crippen molar-refractivity contribution in [2.75, 3.05) is 0 Å². The summed E-state index contributed by atoms with van der Waals surface area (Å²) < 4.78 is 0. The Balaban J connectivity index is 3.46. The van der Waals surface area contributed by atoms with Crippen molar-refractivity contribution < 1.29 is 5.11 Å². The molecule has 0 aromatic carbocycles. The Morgan fingerprint density at radius 3 is 2.36 bits per heavy atom. The first-order valence-electron chi connectivity index (χ1n) is 4.32. The molecule has 64 valence electrons. The van der Waals surface area contributed by atoms with Gasteiger partial charge in [0.1, 0.15) is 0 Å². The molecule has 0 amide bonds. The van der Waals surface area contributed by atoms with E-state index in [1.54, 1.807) is 0 Å².